The summed E-state index contributed by atoms with van der Waals surface area (Å²) in [5, 5.41) is 7.08. The van der Waals surface area contributed by atoms with Gasteiger partial charge in [-0.15, -0.1) is 0 Å². The van der Waals surface area contributed by atoms with Crippen molar-refractivity contribution in [3.05, 3.63) is 83.4 Å². The number of fused-ring (bicyclic) bond motifs is 4. The average Bonchev–Trinajstić information content (AvgIpc) is 3.45. The lowest BCUT2D eigenvalue weighted by molar-refractivity contribution is -0.0190. The smallest absolute Gasteiger partial charge is 0.231 e. The number of ether oxygens (including phenoxy) is 4. The molecular formula is C24H20N2O4. The van der Waals surface area contributed by atoms with Crippen LogP contribution in [0.2, 0.25) is 0 Å². The fourth-order valence-corrected chi connectivity index (χ4v) is 4.27. The maximum atomic E-state index is 6.40. The highest BCUT2D eigenvalue weighted by Crippen LogP contribution is 2.48. The minimum atomic E-state index is -0.303. The number of methoxy groups -OCH3 is 1. The van der Waals surface area contributed by atoms with Crippen molar-refractivity contribution in [2.75, 3.05) is 13.9 Å². The summed E-state index contributed by atoms with van der Waals surface area (Å²) in [5.74, 6) is 3.27. The lowest BCUT2D eigenvalue weighted by Crippen LogP contribution is -2.33. The molecule has 3 aliphatic heterocycles. The van der Waals surface area contributed by atoms with Crippen molar-refractivity contribution >= 4 is 5.71 Å². The van der Waals surface area contributed by atoms with Crippen molar-refractivity contribution in [2.45, 2.75) is 18.7 Å². The van der Waals surface area contributed by atoms with Gasteiger partial charge in [0.2, 0.25) is 13.0 Å². The molecule has 150 valence electrons. The molecule has 3 aromatic rings. The van der Waals surface area contributed by atoms with E-state index >= 15 is 0 Å². The average molecular weight is 400 g/mol. The zero-order chi connectivity index (χ0) is 20.1. The summed E-state index contributed by atoms with van der Waals surface area (Å²) in [6, 6.07) is 22.3. The molecular weight excluding hydrogens is 380 g/mol. The van der Waals surface area contributed by atoms with Crippen LogP contribution in [0.25, 0.3) is 0 Å². The predicted molar refractivity (Wildman–Crippen MR) is 111 cm³/mol. The second-order valence-corrected chi connectivity index (χ2v) is 7.50. The van der Waals surface area contributed by atoms with Crippen LogP contribution >= 0.6 is 0 Å². The number of rotatable bonds is 3. The summed E-state index contributed by atoms with van der Waals surface area (Å²) in [4.78, 5) is 0. The molecule has 2 atom stereocenters. The van der Waals surface area contributed by atoms with Crippen molar-refractivity contribution in [2.24, 2.45) is 5.10 Å². The van der Waals surface area contributed by atoms with Crippen LogP contribution in [-0.4, -0.2) is 24.6 Å². The summed E-state index contributed by atoms with van der Waals surface area (Å²) in [6.45, 7) is 0.265. The van der Waals surface area contributed by atoms with E-state index in [1.165, 1.54) is 0 Å². The van der Waals surface area contributed by atoms with Gasteiger partial charge >= 0.3 is 0 Å². The number of hydrogen-bond acceptors (Lipinski definition) is 6. The first-order valence-electron chi connectivity index (χ1n) is 9.95. The maximum absolute atomic E-state index is 6.40. The number of benzene rings is 3. The summed E-state index contributed by atoms with van der Waals surface area (Å²) in [5.41, 5.74) is 4.24. The van der Waals surface area contributed by atoms with E-state index in [0.29, 0.717) is 0 Å². The van der Waals surface area contributed by atoms with Gasteiger partial charge in [0.15, 0.2) is 11.5 Å². The van der Waals surface area contributed by atoms with Crippen molar-refractivity contribution in [3.8, 4) is 23.0 Å². The van der Waals surface area contributed by atoms with Gasteiger partial charge in [-0.25, -0.2) is 5.01 Å². The molecule has 3 aromatic carbocycles. The van der Waals surface area contributed by atoms with Crippen molar-refractivity contribution in [1.82, 2.24) is 5.01 Å². The maximum Gasteiger partial charge on any atom is 0.231 e. The second kappa shape index (κ2) is 6.69. The fraction of sp³-hybridized carbons (Fsp3) is 0.208. The Bertz CT molecular complexity index is 1140. The molecule has 6 rings (SSSR count). The van der Waals surface area contributed by atoms with Crippen molar-refractivity contribution < 1.29 is 18.9 Å². The van der Waals surface area contributed by atoms with E-state index in [-0.39, 0.29) is 19.1 Å². The Hall–Kier alpha value is -3.67. The van der Waals surface area contributed by atoms with E-state index in [9.17, 15) is 0 Å². The zero-order valence-electron chi connectivity index (χ0n) is 16.4. The molecule has 0 amide bonds. The van der Waals surface area contributed by atoms with Gasteiger partial charge in [-0.2, -0.15) is 5.10 Å². The van der Waals surface area contributed by atoms with Gasteiger partial charge in [-0.05, 0) is 48.5 Å². The van der Waals surface area contributed by atoms with Gasteiger partial charge in [0.05, 0.1) is 18.9 Å². The summed E-state index contributed by atoms with van der Waals surface area (Å²) in [6.07, 6.45) is 0.495. The number of hydrazone groups is 1. The Balaban J connectivity index is 1.41. The largest absolute Gasteiger partial charge is 0.497 e. The van der Waals surface area contributed by atoms with Gasteiger partial charge in [0.1, 0.15) is 11.5 Å². The number of hydrogen-bond donors (Lipinski definition) is 0. The highest BCUT2D eigenvalue weighted by atomic mass is 16.7. The SMILES string of the molecule is COc1ccc(C2Oc3ccccc3C3CC(c4ccc5c(c4)OCO5)=NN32)cc1. The lowest BCUT2D eigenvalue weighted by Gasteiger charge is -2.38. The first-order valence-corrected chi connectivity index (χ1v) is 9.95. The standard InChI is InChI=1S/C24H20N2O4/c1-27-17-9-6-15(7-10-17)24-26-20(18-4-2-3-5-21(18)30-24)13-19(25-26)16-8-11-22-23(12-16)29-14-28-22/h2-12,20,24H,13-14H2,1H3. The van der Waals surface area contributed by atoms with Crippen molar-refractivity contribution in [1.29, 1.82) is 0 Å². The first-order chi connectivity index (χ1) is 14.8. The van der Waals surface area contributed by atoms with Crippen LogP contribution in [0.3, 0.4) is 0 Å². The predicted octanol–water partition coefficient (Wildman–Crippen LogP) is 4.67. The van der Waals surface area contributed by atoms with Crippen LogP contribution in [0.5, 0.6) is 23.0 Å². The molecule has 30 heavy (non-hydrogen) atoms. The van der Waals surface area contributed by atoms with Crippen LogP contribution in [0.15, 0.2) is 71.8 Å². The third-order valence-electron chi connectivity index (χ3n) is 5.81. The quantitative estimate of drug-likeness (QED) is 0.640. The monoisotopic (exact) mass is 400 g/mol. The lowest BCUT2D eigenvalue weighted by atomic mass is 9.96. The Kier molecular flexibility index (Phi) is 3.84. The van der Waals surface area contributed by atoms with Gasteiger partial charge in [0, 0.05) is 23.1 Å². The van der Waals surface area contributed by atoms with Gasteiger partial charge in [-0.1, -0.05) is 18.2 Å². The minimum Gasteiger partial charge on any atom is -0.497 e. The van der Waals surface area contributed by atoms with Gasteiger partial charge in [-0.3, -0.25) is 0 Å². The van der Waals surface area contributed by atoms with Crippen LogP contribution < -0.4 is 18.9 Å². The van der Waals surface area contributed by atoms with E-state index in [2.05, 4.69) is 11.1 Å². The third kappa shape index (κ3) is 2.68. The number of nitrogens with zero attached hydrogens (tertiary/aromatic N) is 2. The molecule has 0 saturated heterocycles. The zero-order valence-corrected chi connectivity index (χ0v) is 16.4. The van der Waals surface area contributed by atoms with Gasteiger partial charge in [0.25, 0.3) is 0 Å². The number of para-hydroxylation sites is 1. The van der Waals surface area contributed by atoms with Crippen LogP contribution in [0.4, 0.5) is 0 Å². The molecule has 0 bridgehead atoms. The van der Waals surface area contributed by atoms with Crippen LogP contribution in [0, 0.1) is 0 Å². The molecule has 0 spiro atoms. The van der Waals surface area contributed by atoms with E-state index in [1.54, 1.807) is 7.11 Å². The molecule has 0 N–H and O–H groups in total. The van der Waals surface area contributed by atoms with Crippen LogP contribution in [-0.2, 0) is 0 Å². The highest BCUT2D eigenvalue weighted by molar-refractivity contribution is 6.02. The van der Waals surface area contributed by atoms with Gasteiger partial charge < -0.3 is 18.9 Å². The molecule has 0 saturated carbocycles. The molecule has 6 nitrogen and oxygen atoms in total. The molecule has 0 radical (unpaired) electrons. The second-order valence-electron chi connectivity index (χ2n) is 7.50. The fourth-order valence-electron chi connectivity index (χ4n) is 4.27. The normalized spacial score (nSPS) is 20.8. The molecule has 0 fully saturated rings. The molecule has 2 unspecified atom stereocenters. The minimum absolute atomic E-state index is 0.113. The van der Waals surface area contributed by atoms with Crippen LogP contribution in [0.1, 0.15) is 35.4 Å². The molecule has 0 aliphatic carbocycles. The first kappa shape index (κ1) is 17.2. The Morgan fingerprint density at radius 3 is 2.63 bits per heavy atom. The summed E-state index contributed by atoms with van der Waals surface area (Å²) >= 11 is 0. The topological polar surface area (TPSA) is 52.5 Å². The summed E-state index contributed by atoms with van der Waals surface area (Å²) < 4.78 is 22.7. The van der Waals surface area contributed by atoms with Crippen molar-refractivity contribution in [3.63, 3.8) is 0 Å². The highest BCUT2D eigenvalue weighted by Gasteiger charge is 2.41. The Labute approximate surface area is 174 Å². The molecule has 3 heterocycles. The van der Waals surface area contributed by atoms with E-state index in [0.717, 1.165) is 51.8 Å². The molecule has 0 aromatic heterocycles. The Morgan fingerprint density at radius 2 is 1.77 bits per heavy atom. The summed E-state index contributed by atoms with van der Waals surface area (Å²) in [7, 11) is 1.67. The van der Waals surface area contributed by atoms with E-state index in [4.69, 9.17) is 24.0 Å². The molecule has 3 aliphatic rings. The van der Waals surface area contributed by atoms with E-state index < -0.39 is 0 Å². The Morgan fingerprint density at radius 1 is 0.933 bits per heavy atom. The third-order valence-corrected chi connectivity index (χ3v) is 5.81. The molecule has 6 heteroatoms. The van der Waals surface area contributed by atoms with E-state index in [1.807, 2.05) is 60.7 Å².